The second kappa shape index (κ2) is 6.34. The number of allylic oxidation sites excluding steroid dienone is 1. The van der Waals surface area contributed by atoms with Gasteiger partial charge in [-0.25, -0.2) is 0 Å². The molecule has 3 nitrogen and oxygen atoms in total. The topological polar surface area (TPSA) is 53.2 Å². The first-order chi connectivity index (χ1) is 13.9. The van der Waals surface area contributed by atoms with E-state index in [0.717, 1.165) is 28.7 Å². The number of fused-ring (bicyclic) bond motifs is 5. The van der Waals surface area contributed by atoms with Crippen molar-refractivity contribution >= 4 is 5.57 Å². The van der Waals surface area contributed by atoms with Crippen molar-refractivity contribution in [2.75, 3.05) is 0 Å². The zero-order chi connectivity index (χ0) is 20.4. The van der Waals surface area contributed by atoms with E-state index in [-0.39, 0.29) is 30.0 Å². The maximum Gasteiger partial charge on any atom is 0.107 e. The average Bonchev–Trinajstić information content (AvgIpc) is 3.34. The second-order valence-electron chi connectivity index (χ2n) is 8.83. The zero-order valence-electron chi connectivity index (χ0n) is 17.1. The minimum Gasteiger partial charge on any atom is -0.511 e. The van der Waals surface area contributed by atoms with Crippen molar-refractivity contribution < 1.29 is 9.84 Å². The summed E-state index contributed by atoms with van der Waals surface area (Å²) < 4.78 is 6.35. The molecule has 146 valence electrons. The molecule has 0 radical (unpaired) electrons. The summed E-state index contributed by atoms with van der Waals surface area (Å²) in [4.78, 5) is 0. The average molecular weight is 383 g/mol. The highest BCUT2D eigenvalue weighted by molar-refractivity contribution is 5.87. The van der Waals surface area contributed by atoms with Gasteiger partial charge >= 0.3 is 0 Å². The van der Waals surface area contributed by atoms with E-state index in [1.165, 1.54) is 16.7 Å². The molecule has 0 aromatic heterocycles. The fourth-order valence-corrected chi connectivity index (χ4v) is 6.03. The molecular formula is C26H25NO2. The molecule has 0 spiro atoms. The Kier molecular flexibility index (Phi) is 3.98. The number of benzene rings is 2. The van der Waals surface area contributed by atoms with Crippen molar-refractivity contribution in [1.29, 1.82) is 5.26 Å². The van der Waals surface area contributed by atoms with Crippen LogP contribution >= 0.6 is 0 Å². The number of aryl methyl sites for hydroxylation is 3. The third kappa shape index (κ3) is 2.52. The second-order valence-corrected chi connectivity index (χ2v) is 8.83. The van der Waals surface area contributed by atoms with E-state index in [4.69, 9.17) is 4.74 Å². The summed E-state index contributed by atoms with van der Waals surface area (Å²) in [7, 11) is 0. The first kappa shape index (κ1) is 18.2. The number of rotatable bonds is 2. The van der Waals surface area contributed by atoms with Crippen molar-refractivity contribution in [1.82, 2.24) is 0 Å². The normalized spacial score (nSPS) is 30.0. The monoisotopic (exact) mass is 383 g/mol. The molecule has 2 saturated heterocycles. The van der Waals surface area contributed by atoms with Crippen LogP contribution in [0.4, 0.5) is 0 Å². The standard InChI is InChI=1S/C26H25NO2/c1-13-8-14(2)21(15(3)9-13)23-16(4)22-20-11-19(26(29-20)24(22)25(23)28)18-7-5-6-17(10-18)12-27/h5-10,19-20,22,24,26,28H,4,11H2,1-3H3/t19-,20-,22-,24+,26+/m0/s1. The van der Waals surface area contributed by atoms with E-state index in [1.54, 1.807) is 0 Å². The van der Waals surface area contributed by atoms with Crippen molar-refractivity contribution in [3.05, 3.63) is 87.7 Å². The Hall–Kier alpha value is -2.83. The Balaban J connectivity index is 1.57. The smallest absolute Gasteiger partial charge is 0.107 e. The highest BCUT2D eigenvalue weighted by atomic mass is 16.5. The van der Waals surface area contributed by atoms with Crippen LogP contribution in [-0.4, -0.2) is 17.3 Å². The van der Waals surface area contributed by atoms with Gasteiger partial charge in [0.1, 0.15) is 5.76 Å². The number of ether oxygens (including phenoxy) is 1. The Morgan fingerprint density at radius 3 is 2.52 bits per heavy atom. The summed E-state index contributed by atoms with van der Waals surface area (Å²) in [6.07, 6.45) is 0.907. The predicted molar refractivity (Wildman–Crippen MR) is 113 cm³/mol. The highest BCUT2D eigenvalue weighted by Gasteiger charge is 2.60. The maximum atomic E-state index is 11.4. The SMILES string of the molecule is C=C1C(c2c(C)cc(C)cc2C)=C(O)[C@@H]2[C@@H]3O[C@@H](C[C@H]3c3cccc(C#N)c3)[C@H]12. The van der Waals surface area contributed by atoms with Crippen LogP contribution in [0.2, 0.25) is 0 Å². The molecule has 2 aromatic carbocycles. The molecule has 2 bridgehead atoms. The summed E-state index contributed by atoms with van der Waals surface area (Å²) in [6, 6.07) is 14.4. The van der Waals surface area contributed by atoms with Crippen molar-refractivity contribution in [2.45, 2.75) is 45.3 Å². The molecule has 2 fully saturated rings. The first-order valence-electron chi connectivity index (χ1n) is 10.3. The molecule has 5 atom stereocenters. The van der Waals surface area contributed by atoms with Crippen LogP contribution in [0.3, 0.4) is 0 Å². The summed E-state index contributed by atoms with van der Waals surface area (Å²) in [5.74, 6) is 0.727. The van der Waals surface area contributed by atoms with Gasteiger partial charge in [-0.1, -0.05) is 36.4 Å². The van der Waals surface area contributed by atoms with Crippen LogP contribution in [0.15, 0.2) is 54.3 Å². The maximum absolute atomic E-state index is 11.4. The van der Waals surface area contributed by atoms with Gasteiger partial charge in [0.25, 0.3) is 0 Å². The van der Waals surface area contributed by atoms with Gasteiger partial charge in [-0.3, -0.25) is 0 Å². The molecule has 29 heavy (non-hydrogen) atoms. The van der Waals surface area contributed by atoms with Crippen LogP contribution < -0.4 is 0 Å². The van der Waals surface area contributed by atoms with Crippen LogP contribution in [-0.2, 0) is 4.74 Å². The van der Waals surface area contributed by atoms with Crippen molar-refractivity contribution in [2.24, 2.45) is 11.8 Å². The van der Waals surface area contributed by atoms with E-state index in [2.05, 4.69) is 51.6 Å². The number of nitriles is 1. The van der Waals surface area contributed by atoms with Gasteiger partial charge in [-0.2, -0.15) is 5.26 Å². The third-order valence-electron chi connectivity index (χ3n) is 7.02. The fraction of sp³-hybridized carbons (Fsp3) is 0.346. The van der Waals surface area contributed by atoms with Gasteiger partial charge in [0.15, 0.2) is 0 Å². The molecule has 0 unspecified atom stereocenters. The van der Waals surface area contributed by atoms with Crippen LogP contribution in [0.5, 0.6) is 0 Å². The zero-order valence-corrected chi connectivity index (χ0v) is 17.1. The van der Waals surface area contributed by atoms with E-state index in [1.807, 2.05) is 18.2 Å². The Labute approximate surface area is 172 Å². The van der Waals surface area contributed by atoms with Gasteiger partial charge in [-0.15, -0.1) is 0 Å². The Morgan fingerprint density at radius 1 is 1.10 bits per heavy atom. The van der Waals surface area contributed by atoms with E-state index >= 15 is 0 Å². The molecule has 0 saturated carbocycles. The van der Waals surface area contributed by atoms with Gasteiger partial charge in [0.05, 0.1) is 29.8 Å². The molecule has 3 heteroatoms. The molecule has 2 aromatic rings. The minimum absolute atomic E-state index is 0.0490. The fourth-order valence-electron chi connectivity index (χ4n) is 6.03. The Bertz CT molecular complexity index is 1100. The predicted octanol–water partition coefficient (Wildman–Crippen LogP) is 5.51. The lowest BCUT2D eigenvalue weighted by atomic mass is 9.71. The lowest BCUT2D eigenvalue weighted by Gasteiger charge is -2.29. The number of hydrogen-bond donors (Lipinski definition) is 1. The number of aliphatic hydroxyl groups is 1. The van der Waals surface area contributed by atoms with Gasteiger partial charge < -0.3 is 9.84 Å². The molecule has 2 heterocycles. The molecule has 1 N–H and O–H groups in total. The largest absolute Gasteiger partial charge is 0.511 e. The van der Waals surface area contributed by atoms with Gasteiger partial charge in [0.2, 0.25) is 0 Å². The molecule has 2 aliphatic heterocycles. The summed E-state index contributed by atoms with van der Waals surface area (Å²) in [5, 5.41) is 20.6. The van der Waals surface area contributed by atoms with E-state index in [9.17, 15) is 10.4 Å². The van der Waals surface area contributed by atoms with E-state index < -0.39 is 0 Å². The van der Waals surface area contributed by atoms with Crippen LogP contribution in [0.1, 0.15) is 45.7 Å². The van der Waals surface area contributed by atoms with Crippen LogP contribution in [0, 0.1) is 43.9 Å². The number of hydrogen-bond acceptors (Lipinski definition) is 3. The molecule has 3 aliphatic rings. The molecule has 5 rings (SSSR count). The Morgan fingerprint density at radius 2 is 1.83 bits per heavy atom. The number of nitrogens with zero attached hydrogens (tertiary/aromatic N) is 1. The first-order valence-corrected chi connectivity index (χ1v) is 10.3. The van der Waals surface area contributed by atoms with E-state index in [0.29, 0.717) is 11.3 Å². The minimum atomic E-state index is -0.0701. The van der Waals surface area contributed by atoms with Gasteiger partial charge in [-0.05, 0) is 67.2 Å². The number of aliphatic hydroxyl groups excluding tert-OH is 1. The lowest BCUT2D eigenvalue weighted by molar-refractivity contribution is 0.0826. The summed E-state index contributed by atoms with van der Waals surface area (Å²) in [6.45, 7) is 10.7. The summed E-state index contributed by atoms with van der Waals surface area (Å²) >= 11 is 0. The molecule has 0 amide bonds. The molecule has 1 aliphatic carbocycles. The van der Waals surface area contributed by atoms with Crippen molar-refractivity contribution in [3.63, 3.8) is 0 Å². The van der Waals surface area contributed by atoms with Gasteiger partial charge in [0, 0.05) is 17.4 Å². The van der Waals surface area contributed by atoms with Crippen LogP contribution in [0.25, 0.3) is 5.57 Å². The van der Waals surface area contributed by atoms with Crippen molar-refractivity contribution in [3.8, 4) is 6.07 Å². The molecular weight excluding hydrogens is 358 g/mol. The quantitative estimate of drug-likeness (QED) is 0.744. The summed E-state index contributed by atoms with van der Waals surface area (Å²) in [5.41, 5.74) is 8.45. The highest BCUT2D eigenvalue weighted by Crippen LogP contribution is 2.61. The third-order valence-corrected chi connectivity index (χ3v) is 7.02. The lowest BCUT2D eigenvalue weighted by Crippen LogP contribution is -2.31.